The number of halogens is 4. The molecule has 1 aromatic rings. The number of anilines is 1. The van der Waals surface area contributed by atoms with Crippen molar-refractivity contribution in [2.75, 3.05) is 5.32 Å². The Bertz CT molecular complexity index is 411. The van der Waals surface area contributed by atoms with Gasteiger partial charge in [0.15, 0.2) is 0 Å². The lowest BCUT2D eigenvalue weighted by molar-refractivity contribution is 0.409. The fourth-order valence-corrected chi connectivity index (χ4v) is 1.55. The van der Waals surface area contributed by atoms with Crippen LogP contribution in [0.4, 0.5) is 23.2 Å². The molecule has 0 saturated heterocycles. The summed E-state index contributed by atoms with van der Waals surface area (Å²) in [7, 11) is 0. The van der Waals surface area contributed by atoms with Gasteiger partial charge in [-0.25, -0.2) is 0 Å². The zero-order chi connectivity index (χ0) is 11.7. The van der Waals surface area contributed by atoms with E-state index in [1.54, 1.807) is 0 Å². The van der Waals surface area contributed by atoms with E-state index < -0.39 is 29.2 Å². The van der Waals surface area contributed by atoms with E-state index in [9.17, 15) is 17.6 Å². The van der Waals surface area contributed by atoms with Crippen LogP contribution in [0.5, 0.6) is 0 Å². The van der Waals surface area contributed by atoms with E-state index in [0.717, 1.165) is 0 Å². The van der Waals surface area contributed by atoms with Gasteiger partial charge in [0.25, 0.3) is 11.9 Å². The van der Waals surface area contributed by atoms with Crippen LogP contribution in [-0.4, -0.2) is 11.0 Å². The minimum atomic E-state index is -1.65. The summed E-state index contributed by atoms with van der Waals surface area (Å²) in [5.74, 6) is -6.28. The van der Waals surface area contributed by atoms with Crippen molar-refractivity contribution in [1.29, 1.82) is 0 Å². The molecule has 0 radical (unpaired) electrons. The summed E-state index contributed by atoms with van der Waals surface area (Å²) in [4.78, 5) is 2.47. The summed E-state index contributed by atoms with van der Waals surface area (Å²) < 4.78 is 51.8. The van der Waals surface area contributed by atoms with Crippen LogP contribution in [0.2, 0.25) is 0 Å². The second-order valence-corrected chi connectivity index (χ2v) is 3.48. The van der Waals surface area contributed by atoms with Crippen LogP contribution < -0.4 is 5.32 Å². The first kappa shape index (κ1) is 10.9. The van der Waals surface area contributed by atoms with Crippen LogP contribution in [0, 0.1) is 23.5 Å². The Balaban J connectivity index is 2.31. The maximum Gasteiger partial charge on any atom is 0.253 e. The van der Waals surface area contributed by atoms with Crippen LogP contribution in [0.25, 0.3) is 0 Å². The molecular formula is C10H8F4N2. The van der Waals surface area contributed by atoms with E-state index in [0.29, 0.717) is 12.8 Å². The molecule has 0 atom stereocenters. The third-order valence-corrected chi connectivity index (χ3v) is 2.35. The molecule has 1 N–H and O–H groups in total. The molecule has 86 valence electrons. The second kappa shape index (κ2) is 4.11. The number of hydrogen-bond donors (Lipinski definition) is 1. The highest BCUT2D eigenvalue weighted by atomic mass is 19.2. The average molecular weight is 232 g/mol. The Morgan fingerprint density at radius 2 is 1.50 bits per heavy atom. The number of pyridine rings is 1. The van der Waals surface area contributed by atoms with Gasteiger partial charge in [-0.15, -0.1) is 0 Å². The molecule has 0 spiro atoms. The monoisotopic (exact) mass is 232 g/mol. The van der Waals surface area contributed by atoms with Gasteiger partial charge in [0.05, 0.1) is 0 Å². The maximum absolute atomic E-state index is 13.2. The van der Waals surface area contributed by atoms with Gasteiger partial charge in [0.1, 0.15) is 5.69 Å². The Hall–Kier alpha value is -1.59. The highest BCUT2D eigenvalue weighted by Gasteiger charge is 2.23. The lowest BCUT2D eigenvalue weighted by atomic mass is 10.2. The molecule has 0 aliphatic heterocycles. The predicted molar refractivity (Wildman–Crippen MR) is 49.9 cm³/mol. The highest BCUT2D eigenvalue weighted by Crippen LogP contribution is 2.25. The van der Waals surface area contributed by atoms with Crippen molar-refractivity contribution in [2.45, 2.75) is 18.9 Å². The molecule has 1 aliphatic carbocycles. The van der Waals surface area contributed by atoms with Gasteiger partial charge in [-0.3, -0.25) is 0 Å². The number of aromatic nitrogens is 1. The quantitative estimate of drug-likeness (QED) is 0.481. The largest absolute Gasteiger partial charge is 0.377 e. The van der Waals surface area contributed by atoms with Crippen LogP contribution in [0.1, 0.15) is 12.8 Å². The van der Waals surface area contributed by atoms with Gasteiger partial charge >= 0.3 is 0 Å². The first-order chi connectivity index (χ1) is 7.59. The number of rotatable bonds is 2. The normalized spacial score (nSPS) is 15.8. The molecule has 6 heteroatoms. The second-order valence-electron chi connectivity index (χ2n) is 3.48. The first-order valence-electron chi connectivity index (χ1n) is 4.71. The lowest BCUT2D eigenvalue weighted by Crippen LogP contribution is -2.19. The minimum Gasteiger partial charge on any atom is -0.377 e. The van der Waals surface area contributed by atoms with Crippen molar-refractivity contribution in [3.8, 4) is 0 Å². The van der Waals surface area contributed by atoms with E-state index in [-0.39, 0.29) is 6.04 Å². The van der Waals surface area contributed by atoms with Gasteiger partial charge in [-0.05, 0) is 12.8 Å². The van der Waals surface area contributed by atoms with E-state index >= 15 is 0 Å². The molecular weight excluding hydrogens is 224 g/mol. The molecule has 2 nitrogen and oxygen atoms in total. The van der Waals surface area contributed by atoms with Crippen LogP contribution in [0.15, 0.2) is 12.2 Å². The smallest absolute Gasteiger partial charge is 0.253 e. The summed E-state index contributed by atoms with van der Waals surface area (Å²) in [6.45, 7) is 0. The molecule has 1 aliphatic rings. The summed E-state index contributed by atoms with van der Waals surface area (Å²) in [6, 6.07) is -0.245. The van der Waals surface area contributed by atoms with Gasteiger partial charge < -0.3 is 5.32 Å². The van der Waals surface area contributed by atoms with Crippen molar-refractivity contribution in [1.82, 2.24) is 4.98 Å². The van der Waals surface area contributed by atoms with Crippen molar-refractivity contribution in [3.05, 3.63) is 35.7 Å². The van der Waals surface area contributed by atoms with Crippen molar-refractivity contribution in [3.63, 3.8) is 0 Å². The number of nitrogens with one attached hydrogen (secondary N) is 1. The maximum atomic E-state index is 13.2. The van der Waals surface area contributed by atoms with Crippen LogP contribution in [0.3, 0.4) is 0 Å². The lowest BCUT2D eigenvalue weighted by Gasteiger charge is -2.14. The third-order valence-electron chi connectivity index (χ3n) is 2.35. The molecule has 0 fully saturated rings. The minimum absolute atomic E-state index is 0.245. The van der Waals surface area contributed by atoms with E-state index in [4.69, 9.17) is 0 Å². The number of hydrogen-bond acceptors (Lipinski definition) is 2. The van der Waals surface area contributed by atoms with Crippen LogP contribution >= 0.6 is 0 Å². The Labute approximate surface area is 89.0 Å². The zero-order valence-electron chi connectivity index (χ0n) is 8.11. The SMILES string of the molecule is Fc1nc(F)c(F)c(NC2CC=CC2)c1F. The number of nitrogens with zero attached hydrogens (tertiary/aromatic N) is 1. The van der Waals surface area contributed by atoms with E-state index in [2.05, 4.69) is 10.3 Å². The van der Waals surface area contributed by atoms with Crippen molar-refractivity contribution in [2.24, 2.45) is 0 Å². The first-order valence-corrected chi connectivity index (χ1v) is 4.71. The molecule has 1 aromatic heterocycles. The van der Waals surface area contributed by atoms with Gasteiger partial charge in [0, 0.05) is 6.04 Å². The fraction of sp³-hybridized carbons (Fsp3) is 0.300. The molecule has 0 amide bonds. The average Bonchev–Trinajstić information content (AvgIpc) is 2.74. The Morgan fingerprint density at radius 1 is 1.00 bits per heavy atom. The summed E-state index contributed by atoms with van der Waals surface area (Å²) in [6.07, 6.45) is 4.76. The fourth-order valence-electron chi connectivity index (χ4n) is 1.55. The molecule has 0 saturated carbocycles. The summed E-state index contributed by atoms with van der Waals surface area (Å²) in [5, 5.41) is 2.43. The van der Waals surface area contributed by atoms with Crippen LogP contribution in [-0.2, 0) is 0 Å². The summed E-state index contributed by atoms with van der Waals surface area (Å²) >= 11 is 0. The van der Waals surface area contributed by atoms with Gasteiger partial charge in [-0.2, -0.15) is 22.5 Å². The molecule has 0 bridgehead atoms. The van der Waals surface area contributed by atoms with E-state index in [1.165, 1.54) is 0 Å². The molecule has 16 heavy (non-hydrogen) atoms. The van der Waals surface area contributed by atoms with Gasteiger partial charge in [0.2, 0.25) is 11.6 Å². The Kier molecular flexibility index (Phi) is 2.80. The van der Waals surface area contributed by atoms with E-state index in [1.807, 2.05) is 12.2 Å². The standard InChI is InChI=1S/C10H8F4N2/c11-6-8(15-5-3-1-2-4-5)7(12)10(14)16-9(6)13/h1-2,5H,3-4H2,(H,15,16). The highest BCUT2D eigenvalue weighted by molar-refractivity contribution is 5.46. The van der Waals surface area contributed by atoms with Gasteiger partial charge in [-0.1, -0.05) is 12.2 Å². The molecule has 2 rings (SSSR count). The third kappa shape index (κ3) is 1.87. The topological polar surface area (TPSA) is 24.9 Å². The van der Waals surface area contributed by atoms with Crippen molar-refractivity contribution >= 4 is 5.69 Å². The summed E-state index contributed by atoms with van der Waals surface area (Å²) in [5.41, 5.74) is -0.793. The molecule has 0 aromatic carbocycles. The Morgan fingerprint density at radius 3 is 2.00 bits per heavy atom. The zero-order valence-corrected chi connectivity index (χ0v) is 8.11. The predicted octanol–water partition coefficient (Wildman–Crippen LogP) is 2.77. The molecule has 0 unspecified atom stereocenters. The van der Waals surface area contributed by atoms with Crippen molar-refractivity contribution < 1.29 is 17.6 Å². The molecule has 1 heterocycles.